The molecule has 0 heterocycles. The van der Waals surface area contributed by atoms with Crippen LogP contribution in [0.25, 0.3) is 0 Å². The minimum atomic E-state index is 0.501. The number of thiocarbonyl (C=S) groups is 1. The quantitative estimate of drug-likeness (QED) is 0.265. The predicted molar refractivity (Wildman–Crippen MR) is 115 cm³/mol. The lowest BCUT2D eigenvalue weighted by Gasteiger charge is -2.11. The van der Waals surface area contributed by atoms with Crippen LogP contribution < -0.4 is 20.1 Å². The minimum Gasteiger partial charge on any atom is -0.497 e. The number of benzene rings is 2. The zero-order chi connectivity index (χ0) is 18.6. The van der Waals surface area contributed by atoms with Crippen LogP contribution in [0.15, 0.2) is 66.1 Å². The van der Waals surface area contributed by atoms with Crippen LogP contribution in [0.3, 0.4) is 0 Å². The normalized spacial score (nSPS) is 10.0. The molecule has 0 unspecified atom stereocenters. The fourth-order valence-electron chi connectivity index (χ4n) is 2.10. The van der Waals surface area contributed by atoms with Crippen molar-refractivity contribution >= 4 is 34.8 Å². The van der Waals surface area contributed by atoms with Crippen LogP contribution in [0.5, 0.6) is 11.5 Å². The molecule has 0 aliphatic carbocycles. The van der Waals surface area contributed by atoms with E-state index in [1.54, 1.807) is 13.2 Å². The zero-order valence-electron chi connectivity index (χ0n) is 14.9. The van der Waals surface area contributed by atoms with Crippen molar-refractivity contribution in [3.8, 4) is 11.5 Å². The average Bonchev–Trinajstić information content (AvgIpc) is 2.67. The topological polar surface area (TPSA) is 42.5 Å². The van der Waals surface area contributed by atoms with Gasteiger partial charge < -0.3 is 20.1 Å². The van der Waals surface area contributed by atoms with Crippen molar-refractivity contribution < 1.29 is 9.47 Å². The molecule has 0 aliphatic heterocycles. The molecule has 2 N–H and O–H groups in total. The summed E-state index contributed by atoms with van der Waals surface area (Å²) in [6, 6.07) is 15.8. The van der Waals surface area contributed by atoms with Gasteiger partial charge in [-0.2, -0.15) is 0 Å². The van der Waals surface area contributed by atoms with E-state index in [-0.39, 0.29) is 0 Å². The molecule has 0 saturated heterocycles. The monoisotopic (exact) mass is 388 g/mol. The Morgan fingerprint density at radius 2 is 1.81 bits per heavy atom. The molecule has 4 nitrogen and oxygen atoms in total. The van der Waals surface area contributed by atoms with Crippen LogP contribution in [0, 0.1) is 0 Å². The molecule has 2 aromatic rings. The van der Waals surface area contributed by atoms with Crippen molar-refractivity contribution in [2.45, 2.75) is 11.3 Å². The molecule has 0 spiro atoms. The van der Waals surface area contributed by atoms with Gasteiger partial charge in [-0.3, -0.25) is 0 Å². The summed E-state index contributed by atoms with van der Waals surface area (Å²) in [6.07, 6.45) is 2.74. The third-order valence-electron chi connectivity index (χ3n) is 3.41. The SMILES string of the molecule is C=CCOc1ccc(NC(=S)NCCCSc2ccc(OC)cc2)cc1. The molecular formula is C20H24N2O2S2. The molecule has 0 atom stereocenters. The van der Waals surface area contributed by atoms with Crippen LogP contribution in [0.4, 0.5) is 5.69 Å². The van der Waals surface area contributed by atoms with Gasteiger partial charge in [0.2, 0.25) is 0 Å². The van der Waals surface area contributed by atoms with Crippen molar-refractivity contribution in [1.82, 2.24) is 5.32 Å². The van der Waals surface area contributed by atoms with Crippen molar-refractivity contribution in [2.24, 2.45) is 0 Å². The molecular weight excluding hydrogens is 364 g/mol. The number of ether oxygens (including phenoxy) is 2. The number of thioether (sulfide) groups is 1. The molecule has 6 heteroatoms. The summed E-state index contributed by atoms with van der Waals surface area (Å²) in [5, 5.41) is 7.02. The number of hydrogen-bond donors (Lipinski definition) is 2. The van der Waals surface area contributed by atoms with E-state index in [0.717, 1.165) is 35.9 Å². The molecule has 138 valence electrons. The van der Waals surface area contributed by atoms with Crippen molar-refractivity contribution in [3.63, 3.8) is 0 Å². The highest BCUT2D eigenvalue weighted by atomic mass is 32.2. The summed E-state index contributed by atoms with van der Waals surface area (Å²) < 4.78 is 10.6. The Morgan fingerprint density at radius 3 is 2.46 bits per heavy atom. The molecule has 0 saturated carbocycles. The second-order valence-electron chi connectivity index (χ2n) is 5.38. The molecule has 0 aliphatic rings. The molecule has 0 radical (unpaired) electrons. The Kier molecular flexibility index (Phi) is 8.86. The van der Waals surface area contributed by atoms with Crippen LogP contribution >= 0.6 is 24.0 Å². The predicted octanol–water partition coefficient (Wildman–Crippen LogP) is 4.73. The summed E-state index contributed by atoms with van der Waals surface area (Å²) in [5.41, 5.74) is 0.932. The third kappa shape index (κ3) is 7.37. The lowest BCUT2D eigenvalue weighted by atomic mass is 10.3. The largest absolute Gasteiger partial charge is 0.497 e. The first-order chi connectivity index (χ1) is 12.7. The standard InChI is InChI=1S/C20H24N2O2S2/c1-3-14-24-18-7-5-16(6-8-18)22-20(25)21-13-4-15-26-19-11-9-17(23-2)10-12-19/h3,5-12H,1,4,13-15H2,2H3,(H2,21,22,25). The van der Waals surface area contributed by atoms with Crippen molar-refractivity contribution in [1.29, 1.82) is 0 Å². The van der Waals surface area contributed by atoms with Crippen LogP contribution in [-0.2, 0) is 0 Å². The van der Waals surface area contributed by atoms with Crippen molar-refractivity contribution in [2.75, 3.05) is 31.3 Å². The molecule has 2 aromatic carbocycles. The fraction of sp³-hybridized carbons (Fsp3) is 0.250. The first-order valence-electron chi connectivity index (χ1n) is 8.36. The van der Waals surface area contributed by atoms with Crippen LogP contribution in [0.1, 0.15) is 6.42 Å². The van der Waals surface area contributed by atoms with Gasteiger partial charge in [0.25, 0.3) is 0 Å². The van der Waals surface area contributed by atoms with Gasteiger partial charge in [-0.05, 0) is 72.9 Å². The maximum atomic E-state index is 5.45. The maximum Gasteiger partial charge on any atom is 0.170 e. The Bertz CT molecular complexity index is 688. The average molecular weight is 389 g/mol. The molecule has 0 bridgehead atoms. The fourth-order valence-corrected chi connectivity index (χ4v) is 3.17. The highest BCUT2D eigenvalue weighted by Crippen LogP contribution is 2.21. The number of anilines is 1. The van der Waals surface area contributed by atoms with Crippen LogP contribution in [-0.4, -0.2) is 31.1 Å². The lowest BCUT2D eigenvalue weighted by Crippen LogP contribution is -2.29. The van der Waals surface area contributed by atoms with Gasteiger partial charge in [0.1, 0.15) is 18.1 Å². The first kappa shape index (κ1) is 20.1. The van der Waals surface area contributed by atoms with E-state index < -0.39 is 0 Å². The summed E-state index contributed by atoms with van der Waals surface area (Å²) in [6.45, 7) is 4.96. The van der Waals surface area contributed by atoms with Gasteiger partial charge in [0.15, 0.2) is 5.11 Å². The van der Waals surface area contributed by atoms with Gasteiger partial charge in [-0.15, -0.1) is 11.8 Å². The Morgan fingerprint density at radius 1 is 1.12 bits per heavy atom. The summed E-state index contributed by atoms with van der Waals surface area (Å²) in [4.78, 5) is 1.24. The third-order valence-corrected chi connectivity index (χ3v) is 4.76. The molecule has 26 heavy (non-hydrogen) atoms. The Hall–Kier alpha value is -2.18. The van der Waals surface area contributed by atoms with E-state index in [4.69, 9.17) is 21.7 Å². The maximum absolute atomic E-state index is 5.45. The number of methoxy groups -OCH3 is 1. The zero-order valence-corrected chi connectivity index (χ0v) is 16.5. The summed E-state index contributed by atoms with van der Waals surface area (Å²) >= 11 is 7.15. The molecule has 2 rings (SSSR count). The van der Waals surface area contributed by atoms with E-state index >= 15 is 0 Å². The van der Waals surface area contributed by atoms with E-state index in [0.29, 0.717) is 11.7 Å². The lowest BCUT2D eigenvalue weighted by molar-refractivity contribution is 0.363. The van der Waals surface area contributed by atoms with Gasteiger partial charge in [-0.25, -0.2) is 0 Å². The number of hydrogen-bond acceptors (Lipinski definition) is 4. The van der Waals surface area contributed by atoms with Gasteiger partial charge in [-0.1, -0.05) is 12.7 Å². The van der Waals surface area contributed by atoms with Gasteiger partial charge in [0.05, 0.1) is 7.11 Å². The number of rotatable bonds is 10. The molecule has 0 amide bonds. The Balaban J connectivity index is 1.61. The van der Waals surface area contributed by atoms with E-state index in [1.807, 2.05) is 48.2 Å². The molecule has 0 fully saturated rings. The minimum absolute atomic E-state index is 0.501. The molecule has 0 aromatic heterocycles. The Labute approximate surface area is 165 Å². The van der Waals surface area contributed by atoms with Crippen LogP contribution in [0.2, 0.25) is 0 Å². The highest BCUT2D eigenvalue weighted by molar-refractivity contribution is 7.99. The van der Waals surface area contributed by atoms with E-state index in [9.17, 15) is 0 Å². The van der Waals surface area contributed by atoms with Gasteiger partial charge in [0, 0.05) is 17.1 Å². The second kappa shape index (κ2) is 11.4. The summed E-state index contributed by atoms with van der Waals surface area (Å²) in [5.74, 6) is 2.72. The van der Waals surface area contributed by atoms with E-state index in [1.165, 1.54) is 4.90 Å². The number of nitrogens with one attached hydrogen (secondary N) is 2. The smallest absolute Gasteiger partial charge is 0.170 e. The van der Waals surface area contributed by atoms with E-state index in [2.05, 4.69) is 29.3 Å². The second-order valence-corrected chi connectivity index (χ2v) is 6.96. The van der Waals surface area contributed by atoms with Gasteiger partial charge >= 0.3 is 0 Å². The van der Waals surface area contributed by atoms with Crippen molar-refractivity contribution in [3.05, 3.63) is 61.2 Å². The highest BCUT2D eigenvalue weighted by Gasteiger charge is 1.99. The summed E-state index contributed by atoms with van der Waals surface area (Å²) in [7, 11) is 1.68. The first-order valence-corrected chi connectivity index (χ1v) is 9.76.